The monoisotopic (exact) mass is 390 g/mol. The van der Waals surface area contributed by atoms with E-state index in [0.29, 0.717) is 17.3 Å². The predicted molar refractivity (Wildman–Crippen MR) is 111 cm³/mol. The Bertz CT molecular complexity index is 763. The van der Waals surface area contributed by atoms with E-state index in [1.165, 1.54) is 5.56 Å². The lowest BCUT2D eigenvalue weighted by molar-refractivity contribution is 0.0525. The Labute approximate surface area is 164 Å². The van der Waals surface area contributed by atoms with Gasteiger partial charge in [-0.1, -0.05) is 29.8 Å². The molecule has 0 saturated carbocycles. The molecule has 4 nitrogen and oxygen atoms in total. The quantitative estimate of drug-likeness (QED) is 0.406. The van der Waals surface area contributed by atoms with Gasteiger partial charge in [0, 0.05) is 17.3 Å². The van der Waals surface area contributed by atoms with Gasteiger partial charge in [0.25, 0.3) is 0 Å². The molecule has 0 aliphatic carbocycles. The fourth-order valence-electron chi connectivity index (χ4n) is 2.51. The van der Waals surface area contributed by atoms with Crippen molar-refractivity contribution in [3.8, 4) is 0 Å². The van der Waals surface area contributed by atoms with Crippen LogP contribution in [-0.4, -0.2) is 24.2 Å². The van der Waals surface area contributed by atoms with Crippen LogP contribution >= 0.6 is 23.8 Å². The van der Waals surface area contributed by atoms with Gasteiger partial charge in [-0.2, -0.15) is 0 Å². The van der Waals surface area contributed by atoms with Crippen molar-refractivity contribution in [2.45, 2.75) is 26.7 Å². The lowest BCUT2D eigenvalue weighted by atomic mass is 10.1. The van der Waals surface area contributed by atoms with E-state index in [9.17, 15) is 4.79 Å². The molecule has 0 saturated heterocycles. The topological polar surface area (TPSA) is 50.4 Å². The molecular weight excluding hydrogens is 368 g/mol. The highest BCUT2D eigenvalue weighted by Crippen LogP contribution is 2.19. The van der Waals surface area contributed by atoms with Gasteiger partial charge in [-0.25, -0.2) is 4.79 Å². The van der Waals surface area contributed by atoms with Crippen molar-refractivity contribution in [2.24, 2.45) is 0 Å². The van der Waals surface area contributed by atoms with Gasteiger partial charge >= 0.3 is 5.97 Å². The normalized spacial score (nSPS) is 10.3. The summed E-state index contributed by atoms with van der Waals surface area (Å²) in [6, 6.07) is 13.3. The van der Waals surface area contributed by atoms with Crippen molar-refractivity contribution in [2.75, 3.05) is 18.5 Å². The zero-order valence-corrected chi connectivity index (χ0v) is 16.5. The van der Waals surface area contributed by atoms with Gasteiger partial charge in [0.05, 0.1) is 12.2 Å². The first-order valence-electron chi connectivity index (χ1n) is 8.57. The van der Waals surface area contributed by atoms with Crippen molar-refractivity contribution in [1.29, 1.82) is 0 Å². The summed E-state index contributed by atoms with van der Waals surface area (Å²) < 4.78 is 5.07. The molecule has 0 unspecified atom stereocenters. The molecule has 2 N–H and O–H groups in total. The van der Waals surface area contributed by atoms with Crippen molar-refractivity contribution < 1.29 is 9.53 Å². The Hall–Kier alpha value is -2.11. The van der Waals surface area contributed by atoms with Gasteiger partial charge in [0.1, 0.15) is 0 Å². The van der Waals surface area contributed by atoms with E-state index in [4.69, 9.17) is 28.6 Å². The first-order chi connectivity index (χ1) is 12.5. The molecule has 0 radical (unpaired) electrons. The number of hydrogen-bond donors (Lipinski definition) is 2. The average Bonchev–Trinajstić information content (AvgIpc) is 2.62. The lowest BCUT2D eigenvalue weighted by Crippen LogP contribution is -2.30. The van der Waals surface area contributed by atoms with Gasteiger partial charge in [-0.3, -0.25) is 0 Å². The van der Waals surface area contributed by atoms with Crippen molar-refractivity contribution in [3.05, 3.63) is 64.2 Å². The Morgan fingerprint density at radius 1 is 1.19 bits per heavy atom. The van der Waals surface area contributed by atoms with Crippen LogP contribution in [0.5, 0.6) is 0 Å². The minimum Gasteiger partial charge on any atom is -0.462 e. The number of nitrogens with one attached hydrogen (secondary N) is 2. The molecule has 0 aliphatic rings. The summed E-state index contributed by atoms with van der Waals surface area (Å²) in [4.78, 5) is 12.0. The SMILES string of the molecule is CCOC(=O)c1cccc(NC(=S)NCCCc2ccc(Cl)cc2)c1C. The van der Waals surface area contributed by atoms with Crippen LogP contribution < -0.4 is 10.6 Å². The van der Waals surface area contributed by atoms with E-state index in [0.717, 1.165) is 35.7 Å². The zero-order chi connectivity index (χ0) is 18.9. The highest BCUT2D eigenvalue weighted by Gasteiger charge is 2.13. The molecular formula is C20H23ClN2O2S. The van der Waals surface area contributed by atoms with E-state index in [1.807, 2.05) is 43.3 Å². The fourth-order valence-corrected chi connectivity index (χ4v) is 2.85. The first kappa shape index (κ1) is 20.2. The number of carbonyl (C=O) groups is 1. The molecule has 0 amide bonds. The molecule has 26 heavy (non-hydrogen) atoms. The number of hydrogen-bond acceptors (Lipinski definition) is 3. The minimum absolute atomic E-state index is 0.324. The molecule has 138 valence electrons. The van der Waals surface area contributed by atoms with Crippen LogP contribution in [0, 0.1) is 6.92 Å². The molecule has 0 bridgehead atoms. The molecule has 0 atom stereocenters. The zero-order valence-electron chi connectivity index (χ0n) is 15.0. The van der Waals surface area contributed by atoms with Crippen molar-refractivity contribution >= 4 is 40.6 Å². The third kappa shape index (κ3) is 6.00. The molecule has 0 aliphatic heterocycles. The second-order valence-electron chi connectivity index (χ2n) is 5.81. The average molecular weight is 391 g/mol. The molecule has 0 heterocycles. The molecule has 2 rings (SSSR count). The summed E-state index contributed by atoms with van der Waals surface area (Å²) in [5.74, 6) is -0.324. The Morgan fingerprint density at radius 2 is 1.92 bits per heavy atom. The molecule has 2 aromatic carbocycles. The summed E-state index contributed by atoms with van der Waals surface area (Å²) in [6.07, 6.45) is 1.90. The third-order valence-corrected chi connectivity index (χ3v) is 4.42. The second kappa shape index (κ2) is 10.1. The first-order valence-corrected chi connectivity index (χ1v) is 9.36. The highest BCUT2D eigenvalue weighted by atomic mass is 35.5. The number of benzene rings is 2. The largest absolute Gasteiger partial charge is 0.462 e. The number of aryl methyl sites for hydroxylation is 1. The van der Waals surface area contributed by atoms with E-state index in [2.05, 4.69) is 10.6 Å². The van der Waals surface area contributed by atoms with E-state index in [1.54, 1.807) is 13.0 Å². The molecule has 2 aromatic rings. The molecule has 0 fully saturated rings. The maximum atomic E-state index is 12.0. The summed E-state index contributed by atoms with van der Waals surface area (Å²) in [5, 5.41) is 7.62. The van der Waals surface area contributed by atoms with Crippen LogP contribution in [0.1, 0.15) is 34.8 Å². The summed E-state index contributed by atoms with van der Waals surface area (Å²) >= 11 is 11.2. The standard InChI is InChI=1S/C20H23ClN2O2S/c1-3-25-19(24)17-7-4-8-18(14(17)2)23-20(26)22-13-5-6-15-9-11-16(21)12-10-15/h4,7-12H,3,5-6,13H2,1-2H3,(H2,22,23,26). The number of esters is 1. The van der Waals surface area contributed by atoms with Crippen LogP contribution in [0.25, 0.3) is 0 Å². The third-order valence-electron chi connectivity index (χ3n) is 3.92. The van der Waals surface area contributed by atoms with Crippen LogP contribution in [0.2, 0.25) is 5.02 Å². The number of carbonyl (C=O) groups excluding carboxylic acids is 1. The van der Waals surface area contributed by atoms with Crippen LogP contribution in [0.3, 0.4) is 0 Å². The van der Waals surface area contributed by atoms with Crippen LogP contribution in [0.15, 0.2) is 42.5 Å². The van der Waals surface area contributed by atoms with Crippen LogP contribution in [-0.2, 0) is 11.2 Å². The Balaban J connectivity index is 1.83. The predicted octanol–water partition coefficient (Wildman–Crippen LogP) is 4.74. The molecule has 0 aromatic heterocycles. The maximum absolute atomic E-state index is 12.0. The maximum Gasteiger partial charge on any atom is 0.338 e. The molecule has 6 heteroatoms. The minimum atomic E-state index is -0.324. The van der Waals surface area contributed by atoms with Crippen LogP contribution in [0.4, 0.5) is 5.69 Å². The van der Waals surface area contributed by atoms with E-state index in [-0.39, 0.29) is 5.97 Å². The van der Waals surface area contributed by atoms with Gasteiger partial charge in [-0.15, -0.1) is 0 Å². The van der Waals surface area contributed by atoms with Gasteiger partial charge in [0.2, 0.25) is 0 Å². The van der Waals surface area contributed by atoms with Gasteiger partial charge in [0.15, 0.2) is 5.11 Å². The Kier molecular flexibility index (Phi) is 7.88. The van der Waals surface area contributed by atoms with E-state index >= 15 is 0 Å². The number of ether oxygens (including phenoxy) is 1. The van der Waals surface area contributed by atoms with Gasteiger partial charge < -0.3 is 15.4 Å². The van der Waals surface area contributed by atoms with Gasteiger partial charge in [-0.05, 0) is 74.3 Å². The number of rotatable bonds is 7. The number of thiocarbonyl (C=S) groups is 1. The van der Waals surface area contributed by atoms with E-state index < -0.39 is 0 Å². The molecule has 0 spiro atoms. The van der Waals surface area contributed by atoms with Crippen molar-refractivity contribution in [3.63, 3.8) is 0 Å². The number of anilines is 1. The fraction of sp³-hybridized carbons (Fsp3) is 0.300. The summed E-state index contributed by atoms with van der Waals surface area (Å²) in [6.45, 7) is 4.77. The number of halogens is 1. The lowest BCUT2D eigenvalue weighted by Gasteiger charge is -2.14. The van der Waals surface area contributed by atoms with Crippen molar-refractivity contribution in [1.82, 2.24) is 5.32 Å². The summed E-state index contributed by atoms with van der Waals surface area (Å²) in [7, 11) is 0. The Morgan fingerprint density at radius 3 is 2.62 bits per heavy atom. The smallest absolute Gasteiger partial charge is 0.338 e. The highest BCUT2D eigenvalue weighted by molar-refractivity contribution is 7.80. The summed E-state index contributed by atoms with van der Waals surface area (Å²) in [5.41, 5.74) is 3.40. The second-order valence-corrected chi connectivity index (χ2v) is 6.65.